The maximum Gasteiger partial charge on any atom is 0.252 e. The number of aryl methyl sites for hydroxylation is 1. The van der Waals surface area contributed by atoms with Gasteiger partial charge in [0.05, 0.1) is 6.42 Å². The second-order valence-corrected chi connectivity index (χ2v) is 9.78. The highest BCUT2D eigenvalue weighted by Gasteiger charge is 2.31. The number of thiophene rings is 1. The first kappa shape index (κ1) is 18.4. The number of amides is 1. The van der Waals surface area contributed by atoms with Gasteiger partial charge in [-0.05, 0) is 30.7 Å². The highest BCUT2D eigenvalue weighted by atomic mass is 35.5. The van der Waals surface area contributed by atoms with Gasteiger partial charge in [-0.1, -0.05) is 29.8 Å². The van der Waals surface area contributed by atoms with E-state index in [9.17, 15) is 13.2 Å². The van der Waals surface area contributed by atoms with Crippen LogP contribution in [-0.2, 0) is 21.2 Å². The van der Waals surface area contributed by atoms with Gasteiger partial charge in [0.15, 0.2) is 0 Å². The van der Waals surface area contributed by atoms with E-state index in [0.29, 0.717) is 35.4 Å². The van der Waals surface area contributed by atoms with E-state index in [1.165, 1.54) is 15.6 Å². The molecule has 0 radical (unpaired) electrons. The first-order valence-electron chi connectivity index (χ1n) is 7.96. The average Bonchev–Trinajstić information content (AvgIpc) is 3.04. The minimum absolute atomic E-state index is 0.0304. The lowest BCUT2D eigenvalue weighted by Gasteiger charge is -2.33. The normalized spacial score (nSPS) is 16.2. The number of carbonyl (C=O) groups is 1. The van der Waals surface area contributed by atoms with Crippen molar-refractivity contribution in [1.82, 2.24) is 9.21 Å². The molecule has 1 saturated heterocycles. The number of piperazine rings is 1. The number of hydrogen-bond acceptors (Lipinski definition) is 4. The molecule has 1 aromatic carbocycles. The Morgan fingerprint density at radius 1 is 1.12 bits per heavy atom. The zero-order valence-electron chi connectivity index (χ0n) is 13.8. The fraction of sp³-hybridized carbons (Fsp3) is 0.353. The van der Waals surface area contributed by atoms with Crippen LogP contribution in [0.25, 0.3) is 0 Å². The van der Waals surface area contributed by atoms with Crippen LogP contribution in [0.3, 0.4) is 0 Å². The van der Waals surface area contributed by atoms with E-state index in [4.69, 9.17) is 11.6 Å². The van der Waals surface area contributed by atoms with Gasteiger partial charge in [-0.3, -0.25) is 4.79 Å². The van der Waals surface area contributed by atoms with E-state index in [1.54, 1.807) is 23.1 Å². The lowest BCUT2D eigenvalue weighted by atomic mass is 10.1. The van der Waals surface area contributed by atoms with Crippen molar-refractivity contribution < 1.29 is 13.2 Å². The fourth-order valence-electron chi connectivity index (χ4n) is 2.77. The molecule has 0 saturated carbocycles. The Hall–Kier alpha value is -1.41. The average molecular weight is 399 g/mol. The molecule has 0 unspecified atom stereocenters. The van der Waals surface area contributed by atoms with Gasteiger partial charge in [0, 0.05) is 36.1 Å². The molecule has 1 aliphatic rings. The van der Waals surface area contributed by atoms with Gasteiger partial charge in [-0.15, -0.1) is 11.3 Å². The number of nitrogens with zero attached hydrogens (tertiary/aromatic N) is 2. The summed E-state index contributed by atoms with van der Waals surface area (Å²) in [7, 11) is -3.46. The Labute approximate surface area is 156 Å². The van der Waals surface area contributed by atoms with E-state index in [1.807, 2.05) is 25.1 Å². The Morgan fingerprint density at radius 3 is 2.40 bits per heavy atom. The molecule has 0 aliphatic carbocycles. The van der Waals surface area contributed by atoms with Crippen LogP contribution in [0, 0.1) is 6.92 Å². The molecule has 1 aromatic heterocycles. The van der Waals surface area contributed by atoms with Crippen molar-refractivity contribution in [2.45, 2.75) is 17.6 Å². The summed E-state index contributed by atoms with van der Waals surface area (Å²) >= 11 is 7.38. The monoisotopic (exact) mass is 398 g/mol. The van der Waals surface area contributed by atoms with E-state index >= 15 is 0 Å². The van der Waals surface area contributed by atoms with Crippen LogP contribution < -0.4 is 0 Å². The van der Waals surface area contributed by atoms with Gasteiger partial charge in [0.25, 0.3) is 10.0 Å². The summed E-state index contributed by atoms with van der Waals surface area (Å²) in [5.74, 6) is -0.0304. The maximum absolute atomic E-state index is 12.6. The molecular formula is C17H19ClN2O3S2. The predicted molar refractivity (Wildman–Crippen MR) is 99.6 cm³/mol. The highest BCUT2D eigenvalue weighted by molar-refractivity contribution is 7.91. The summed E-state index contributed by atoms with van der Waals surface area (Å²) in [6.07, 6.45) is 0.233. The van der Waals surface area contributed by atoms with Gasteiger partial charge in [-0.25, -0.2) is 8.42 Å². The Kier molecular flexibility index (Phi) is 5.48. The summed E-state index contributed by atoms with van der Waals surface area (Å²) in [6.45, 7) is 3.30. The van der Waals surface area contributed by atoms with Gasteiger partial charge < -0.3 is 4.90 Å². The fourth-order valence-corrected chi connectivity index (χ4v) is 5.83. The second kappa shape index (κ2) is 7.45. The minimum Gasteiger partial charge on any atom is -0.340 e. The van der Waals surface area contributed by atoms with Crippen LogP contribution in [0.4, 0.5) is 0 Å². The third-order valence-electron chi connectivity index (χ3n) is 4.20. The first-order valence-corrected chi connectivity index (χ1v) is 10.6. The molecule has 1 fully saturated rings. The van der Waals surface area contributed by atoms with Crippen LogP contribution in [0.15, 0.2) is 40.6 Å². The zero-order chi connectivity index (χ0) is 18.0. The molecule has 0 atom stereocenters. The van der Waals surface area contributed by atoms with Crippen LogP contribution in [0.2, 0.25) is 5.02 Å². The second-order valence-electron chi connectivity index (χ2n) is 5.92. The number of carbonyl (C=O) groups excluding carboxylic acids is 1. The zero-order valence-corrected chi connectivity index (χ0v) is 16.2. The molecule has 134 valence electrons. The topological polar surface area (TPSA) is 57.7 Å². The molecule has 0 bridgehead atoms. The van der Waals surface area contributed by atoms with Crippen LogP contribution >= 0.6 is 22.9 Å². The summed E-state index contributed by atoms with van der Waals surface area (Å²) in [6, 6.07) is 10.7. The van der Waals surface area contributed by atoms with Crippen molar-refractivity contribution in [2.24, 2.45) is 0 Å². The Balaban J connectivity index is 1.62. The third kappa shape index (κ3) is 4.06. The molecule has 2 heterocycles. The number of halogens is 1. The van der Waals surface area contributed by atoms with Crippen molar-refractivity contribution in [3.05, 3.63) is 51.9 Å². The minimum atomic E-state index is -3.46. The van der Waals surface area contributed by atoms with Gasteiger partial charge >= 0.3 is 0 Å². The van der Waals surface area contributed by atoms with Gasteiger partial charge in [0.1, 0.15) is 4.21 Å². The van der Waals surface area contributed by atoms with Crippen molar-refractivity contribution >= 4 is 38.9 Å². The number of benzene rings is 1. The smallest absolute Gasteiger partial charge is 0.252 e. The number of sulfonamides is 1. The van der Waals surface area contributed by atoms with E-state index in [-0.39, 0.29) is 12.3 Å². The molecule has 25 heavy (non-hydrogen) atoms. The van der Waals surface area contributed by atoms with E-state index in [0.717, 1.165) is 10.4 Å². The first-order chi connectivity index (χ1) is 11.9. The summed E-state index contributed by atoms with van der Waals surface area (Å²) < 4.78 is 27.1. The third-order valence-corrected chi connectivity index (χ3v) is 7.94. The molecule has 8 heteroatoms. The molecule has 5 nitrogen and oxygen atoms in total. The van der Waals surface area contributed by atoms with Crippen molar-refractivity contribution in [1.29, 1.82) is 0 Å². The lowest BCUT2D eigenvalue weighted by molar-refractivity contribution is -0.131. The van der Waals surface area contributed by atoms with E-state index in [2.05, 4.69) is 0 Å². The van der Waals surface area contributed by atoms with Gasteiger partial charge in [0.2, 0.25) is 5.91 Å². The molecule has 0 spiro atoms. The Bertz CT molecular complexity index is 872. The van der Waals surface area contributed by atoms with Crippen molar-refractivity contribution in [3.63, 3.8) is 0 Å². The SMILES string of the molecule is Cc1ccc(S(=O)(=O)N2CCN(C(=O)Cc3ccccc3Cl)CC2)s1. The molecule has 0 N–H and O–H groups in total. The lowest BCUT2D eigenvalue weighted by Crippen LogP contribution is -2.50. The summed E-state index contributed by atoms with van der Waals surface area (Å²) in [4.78, 5) is 15.1. The quantitative estimate of drug-likeness (QED) is 0.795. The van der Waals surface area contributed by atoms with E-state index < -0.39 is 10.0 Å². The summed E-state index contributed by atoms with van der Waals surface area (Å²) in [5, 5.41) is 0.574. The molecule has 1 amide bonds. The maximum atomic E-state index is 12.6. The van der Waals surface area contributed by atoms with Crippen LogP contribution in [-0.4, -0.2) is 49.7 Å². The van der Waals surface area contributed by atoms with Crippen molar-refractivity contribution in [2.75, 3.05) is 26.2 Å². The predicted octanol–water partition coefficient (Wildman–Crippen LogP) is 2.79. The van der Waals surface area contributed by atoms with Gasteiger partial charge in [-0.2, -0.15) is 4.31 Å². The number of hydrogen-bond donors (Lipinski definition) is 0. The number of rotatable bonds is 4. The van der Waals surface area contributed by atoms with Crippen LogP contribution in [0.1, 0.15) is 10.4 Å². The van der Waals surface area contributed by atoms with Crippen molar-refractivity contribution in [3.8, 4) is 0 Å². The largest absolute Gasteiger partial charge is 0.340 e. The van der Waals surface area contributed by atoms with Crippen LogP contribution in [0.5, 0.6) is 0 Å². The molecule has 1 aliphatic heterocycles. The molecule has 3 rings (SSSR count). The summed E-state index contributed by atoms with van der Waals surface area (Å²) in [5.41, 5.74) is 0.790. The standard InChI is InChI=1S/C17H19ClN2O3S2/c1-13-6-7-17(24-13)25(22,23)20-10-8-19(9-11-20)16(21)12-14-4-2-3-5-15(14)18/h2-7H,8-12H2,1H3. The highest BCUT2D eigenvalue weighted by Crippen LogP contribution is 2.25. The molecule has 2 aromatic rings. The molecular weight excluding hydrogens is 380 g/mol. The Morgan fingerprint density at radius 2 is 1.80 bits per heavy atom.